The average Bonchev–Trinajstić information content (AvgIpc) is 2.59. The van der Waals surface area contributed by atoms with E-state index in [1.165, 1.54) is 7.11 Å². The van der Waals surface area contributed by atoms with Crippen molar-refractivity contribution in [2.75, 3.05) is 26.8 Å². The van der Waals surface area contributed by atoms with Crippen molar-refractivity contribution in [3.63, 3.8) is 0 Å². The van der Waals surface area contributed by atoms with Crippen LogP contribution in [0.25, 0.3) is 0 Å². The fourth-order valence-corrected chi connectivity index (χ4v) is 2.09. The van der Waals surface area contributed by atoms with E-state index < -0.39 is 0 Å². The van der Waals surface area contributed by atoms with Crippen LogP contribution in [0.15, 0.2) is 24.3 Å². The number of carbonyl (C=O) groups is 1. The van der Waals surface area contributed by atoms with Crippen molar-refractivity contribution >= 4 is 5.97 Å². The van der Waals surface area contributed by atoms with E-state index in [0.29, 0.717) is 18.6 Å². The van der Waals surface area contributed by atoms with Crippen LogP contribution in [-0.2, 0) is 9.53 Å². The number of nitriles is 1. The Morgan fingerprint density at radius 1 is 1.09 bits per heavy atom. The molecule has 0 aliphatic carbocycles. The molecule has 0 fully saturated rings. The topological polar surface area (TPSA) is 71.3 Å². The molecule has 0 saturated heterocycles. The molecule has 1 aromatic carbocycles. The van der Waals surface area contributed by atoms with Crippen LogP contribution in [0.5, 0.6) is 5.75 Å². The third-order valence-electron chi connectivity index (χ3n) is 3.46. The summed E-state index contributed by atoms with van der Waals surface area (Å²) in [5.74, 6) is 0.683. The Morgan fingerprint density at radius 3 is 2.43 bits per heavy atom. The predicted molar refractivity (Wildman–Crippen MR) is 89.2 cm³/mol. The third kappa shape index (κ3) is 9.54. The lowest BCUT2D eigenvalue weighted by atomic mass is 10.2. The monoisotopic (exact) mass is 318 g/mol. The molecule has 0 aliphatic heterocycles. The minimum Gasteiger partial charge on any atom is -0.494 e. The zero-order chi connectivity index (χ0) is 16.8. The Labute approximate surface area is 138 Å². The highest BCUT2D eigenvalue weighted by molar-refractivity contribution is 5.68. The van der Waals surface area contributed by atoms with Gasteiger partial charge in [0.15, 0.2) is 0 Å². The van der Waals surface area contributed by atoms with E-state index in [9.17, 15) is 4.79 Å². The minimum atomic E-state index is -0.125. The Morgan fingerprint density at radius 2 is 1.78 bits per heavy atom. The average molecular weight is 318 g/mol. The van der Waals surface area contributed by atoms with Crippen molar-refractivity contribution < 1.29 is 14.3 Å². The fourth-order valence-electron chi connectivity index (χ4n) is 2.09. The summed E-state index contributed by atoms with van der Waals surface area (Å²) in [5.41, 5.74) is 0.646. The van der Waals surface area contributed by atoms with Gasteiger partial charge < -0.3 is 14.8 Å². The van der Waals surface area contributed by atoms with Crippen LogP contribution < -0.4 is 10.1 Å². The molecular formula is C18H26N2O3. The van der Waals surface area contributed by atoms with Crippen molar-refractivity contribution in [2.45, 2.75) is 38.5 Å². The second-order valence-corrected chi connectivity index (χ2v) is 5.33. The molecular weight excluding hydrogens is 292 g/mol. The maximum absolute atomic E-state index is 10.9. The highest BCUT2D eigenvalue weighted by Gasteiger charge is 1.99. The van der Waals surface area contributed by atoms with E-state index in [2.05, 4.69) is 16.1 Å². The van der Waals surface area contributed by atoms with Crippen LogP contribution in [0.3, 0.4) is 0 Å². The zero-order valence-corrected chi connectivity index (χ0v) is 13.8. The summed E-state index contributed by atoms with van der Waals surface area (Å²) in [6.45, 7) is 2.65. The second-order valence-electron chi connectivity index (χ2n) is 5.33. The van der Waals surface area contributed by atoms with Crippen LogP contribution in [0, 0.1) is 11.3 Å². The first-order valence-corrected chi connectivity index (χ1v) is 8.16. The van der Waals surface area contributed by atoms with Crippen LogP contribution in [0.2, 0.25) is 0 Å². The summed E-state index contributed by atoms with van der Waals surface area (Å²) >= 11 is 0. The summed E-state index contributed by atoms with van der Waals surface area (Å²) in [5, 5.41) is 12.1. The van der Waals surface area contributed by atoms with Crippen LogP contribution in [0.4, 0.5) is 0 Å². The van der Waals surface area contributed by atoms with Gasteiger partial charge in [-0.05, 0) is 63.0 Å². The highest BCUT2D eigenvalue weighted by atomic mass is 16.5. The second kappa shape index (κ2) is 12.5. The molecule has 0 aliphatic rings. The molecule has 0 radical (unpaired) electrons. The highest BCUT2D eigenvalue weighted by Crippen LogP contribution is 2.11. The zero-order valence-electron chi connectivity index (χ0n) is 13.8. The van der Waals surface area contributed by atoms with Crippen molar-refractivity contribution in [3.8, 4) is 11.8 Å². The molecule has 0 unspecified atom stereocenters. The number of nitrogens with zero attached hydrogens (tertiary/aromatic N) is 1. The van der Waals surface area contributed by atoms with Gasteiger partial charge in [-0.3, -0.25) is 4.79 Å². The predicted octanol–water partition coefficient (Wildman–Crippen LogP) is 3.04. The number of rotatable bonds is 12. The quantitative estimate of drug-likeness (QED) is 0.474. The summed E-state index contributed by atoms with van der Waals surface area (Å²) < 4.78 is 10.2. The molecule has 0 saturated carbocycles. The van der Waals surface area contributed by atoms with E-state index in [0.717, 1.165) is 50.9 Å². The van der Waals surface area contributed by atoms with Gasteiger partial charge >= 0.3 is 5.97 Å². The summed E-state index contributed by atoms with van der Waals surface area (Å²) in [4.78, 5) is 10.9. The number of unbranched alkanes of at least 4 members (excludes halogenated alkanes) is 3. The lowest BCUT2D eigenvalue weighted by molar-refractivity contribution is -0.140. The van der Waals surface area contributed by atoms with Gasteiger partial charge in [0.05, 0.1) is 25.3 Å². The molecule has 0 amide bonds. The number of nitrogens with one attached hydrogen (secondary N) is 1. The number of carbonyl (C=O) groups excluding carboxylic acids is 1. The largest absolute Gasteiger partial charge is 0.494 e. The molecule has 23 heavy (non-hydrogen) atoms. The van der Waals surface area contributed by atoms with Gasteiger partial charge in [0.2, 0.25) is 0 Å². The first kappa shape index (κ1) is 19.0. The minimum absolute atomic E-state index is 0.125. The van der Waals surface area contributed by atoms with Gasteiger partial charge in [-0.25, -0.2) is 0 Å². The first-order valence-electron chi connectivity index (χ1n) is 8.16. The Balaban J connectivity index is 1.88. The van der Waals surface area contributed by atoms with E-state index in [1.54, 1.807) is 12.1 Å². The molecule has 0 bridgehead atoms. The van der Waals surface area contributed by atoms with Crippen molar-refractivity contribution in [1.29, 1.82) is 5.26 Å². The molecule has 0 aromatic heterocycles. The third-order valence-corrected chi connectivity index (χ3v) is 3.46. The van der Waals surface area contributed by atoms with E-state index in [4.69, 9.17) is 10.00 Å². The van der Waals surface area contributed by atoms with Crippen LogP contribution in [0.1, 0.15) is 44.1 Å². The smallest absolute Gasteiger partial charge is 0.305 e. The number of methoxy groups -OCH3 is 1. The van der Waals surface area contributed by atoms with Crippen molar-refractivity contribution in [2.24, 2.45) is 0 Å². The number of ether oxygens (including phenoxy) is 2. The molecule has 126 valence electrons. The molecule has 5 nitrogen and oxygen atoms in total. The normalized spacial score (nSPS) is 10.1. The van der Waals surface area contributed by atoms with Gasteiger partial charge in [-0.15, -0.1) is 0 Å². The summed E-state index contributed by atoms with van der Waals surface area (Å²) in [6.07, 6.45) is 5.60. The lowest BCUT2D eigenvalue weighted by Gasteiger charge is -2.07. The van der Waals surface area contributed by atoms with Gasteiger partial charge in [-0.1, -0.05) is 6.42 Å². The molecule has 0 atom stereocenters. The molecule has 1 rings (SSSR count). The summed E-state index contributed by atoms with van der Waals surface area (Å²) in [7, 11) is 1.43. The van der Waals surface area contributed by atoms with Crippen molar-refractivity contribution in [3.05, 3.63) is 29.8 Å². The van der Waals surface area contributed by atoms with Gasteiger partial charge in [0, 0.05) is 6.42 Å². The standard InChI is InChI=1S/C18H26N2O3/c1-22-18(21)7-3-2-4-12-20-13-5-6-14-23-17-10-8-16(15-19)9-11-17/h8-11,20H,2-7,12-14H2,1H3. The lowest BCUT2D eigenvalue weighted by Crippen LogP contribution is -2.17. The summed E-state index contributed by atoms with van der Waals surface area (Å²) in [6, 6.07) is 9.26. The van der Waals surface area contributed by atoms with Crippen LogP contribution >= 0.6 is 0 Å². The maximum atomic E-state index is 10.9. The van der Waals surface area contributed by atoms with Gasteiger partial charge in [0.1, 0.15) is 5.75 Å². The van der Waals surface area contributed by atoms with E-state index in [-0.39, 0.29) is 5.97 Å². The van der Waals surface area contributed by atoms with Crippen molar-refractivity contribution in [1.82, 2.24) is 5.32 Å². The number of hydrogen-bond acceptors (Lipinski definition) is 5. The maximum Gasteiger partial charge on any atom is 0.305 e. The molecule has 0 spiro atoms. The van der Waals surface area contributed by atoms with Crippen LogP contribution in [-0.4, -0.2) is 32.8 Å². The molecule has 1 N–H and O–H groups in total. The van der Waals surface area contributed by atoms with Gasteiger partial charge in [0.25, 0.3) is 0 Å². The molecule has 0 heterocycles. The fraction of sp³-hybridized carbons (Fsp3) is 0.556. The Hall–Kier alpha value is -2.06. The number of benzene rings is 1. The number of esters is 1. The van der Waals surface area contributed by atoms with E-state index >= 15 is 0 Å². The SMILES string of the molecule is COC(=O)CCCCCNCCCCOc1ccc(C#N)cc1. The molecule has 5 heteroatoms. The Kier molecular flexibility index (Phi) is 10.3. The van der Waals surface area contributed by atoms with E-state index in [1.807, 2.05) is 12.1 Å². The molecule has 1 aromatic rings. The number of hydrogen-bond donors (Lipinski definition) is 1. The Bertz CT molecular complexity index is 480. The first-order chi connectivity index (χ1) is 11.3. The van der Waals surface area contributed by atoms with Gasteiger partial charge in [-0.2, -0.15) is 5.26 Å².